The van der Waals surface area contributed by atoms with E-state index in [1.165, 1.54) is 6.92 Å². The maximum absolute atomic E-state index is 11.7. The van der Waals surface area contributed by atoms with E-state index in [9.17, 15) is 9.59 Å². The Balaban J connectivity index is 2.82. The largest absolute Gasteiger partial charge is 0.459 e. The van der Waals surface area contributed by atoms with Crippen LogP contribution in [0, 0.1) is 0 Å². The minimum Gasteiger partial charge on any atom is -0.459 e. The van der Waals surface area contributed by atoms with Crippen molar-refractivity contribution in [2.45, 2.75) is 39.0 Å². The van der Waals surface area contributed by atoms with Crippen LogP contribution < -0.4 is 15.8 Å². The van der Waals surface area contributed by atoms with Crippen molar-refractivity contribution in [1.82, 2.24) is 5.32 Å². The predicted octanol–water partition coefficient (Wildman–Crippen LogP) is 1.79. The molecule has 0 saturated heterocycles. The van der Waals surface area contributed by atoms with Gasteiger partial charge in [-0.15, -0.1) is 0 Å². The van der Waals surface area contributed by atoms with Gasteiger partial charge < -0.3 is 15.2 Å². The number of hydrogen-bond acceptors (Lipinski definition) is 4. The Morgan fingerprint density at radius 2 is 1.65 bits per heavy atom. The smallest absolute Gasteiger partial charge is 0.411 e. The summed E-state index contributed by atoms with van der Waals surface area (Å²) in [7, 11) is 0. The fourth-order valence-corrected chi connectivity index (χ4v) is 1.36. The van der Waals surface area contributed by atoms with Gasteiger partial charge in [-0.1, -0.05) is 18.2 Å². The van der Waals surface area contributed by atoms with Gasteiger partial charge in [-0.25, -0.2) is 4.79 Å². The van der Waals surface area contributed by atoms with Crippen LogP contribution in [0.15, 0.2) is 30.3 Å². The van der Waals surface area contributed by atoms with E-state index >= 15 is 0 Å². The number of hydrogen-bond donors (Lipinski definition) is 2. The van der Waals surface area contributed by atoms with Crippen molar-refractivity contribution in [1.29, 1.82) is 0 Å². The molecule has 0 bridgehead atoms. The number of alkyl carbamates (subject to hydrolysis) is 1. The minimum atomic E-state index is -1.69. The molecule has 1 unspecified atom stereocenters. The van der Waals surface area contributed by atoms with Crippen LogP contribution in [0.3, 0.4) is 0 Å². The van der Waals surface area contributed by atoms with Crippen LogP contribution >= 0.6 is 0 Å². The molecule has 1 atom stereocenters. The van der Waals surface area contributed by atoms with Crippen molar-refractivity contribution in [3.8, 4) is 5.75 Å². The number of nitrogens with two attached hydrogens (primary N) is 1. The molecule has 1 aromatic rings. The van der Waals surface area contributed by atoms with Gasteiger partial charge in [0.25, 0.3) is 11.6 Å². The van der Waals surface area contributed by atoms with E-state index in [0.717, 1.165) is 0 Å². The highest BCUT2D eigenvalue weighted by Crippen LogP contribution is 2.17. The molecular weight excluding hydrogens is 260 g/mol. The van der Waals surface area contributed by atoms with Gasteiger partial charge >= 0.3 is 6.09 Å². The molecule has 0 aliphatic heterocycles. The summed E-state index contributed by atoms with van der Waals surface area (Å²) in [6.45, 7) is 6.51. The summed E-state index contributed by atoms with van der Waals surface area (Å²) in [5, 5.41) is 2.34. The number of benzene rings is 1. The van der Waals surface area contributed by atoms with Crippen LogP contribution in [0.1, 0.15) is 27.7 Å². The Bertz CT molecular complexity index is 482. The zero-order valence-electron chi connectivity index (χ0n) is 12.1. The fourth-order valence-electron chi connectivity index (χ4n) is 1.36. The summed E-state index contributed by atoms with van der Waals surface area (Å²) in [6.07, 6.45) is -0.783. The topological polar surface area (TPSA) is 90.7 Å². The van der Waals surface area contributed by atoms with Crippen molar-refractivity contribution < 1.29 is 19.1 Å². The summed E-state index contributed by atoms with van der Waals surface area (Å²) >= 11 is 0. The van der Waals surface area contributed by atoms with E-state index in [1.54, 1.807) is 51.1 Å². The Labute approximate surface area is 118 Å². The Morgan fingerprint density at radius 3 is 2.10 bits per heavy atom. The molecule has 6 nitrogen and oxygen atoms in total. The zero-order chi connectivity index (χ0) is 15.4. The molecule has 0 aromatic heterocycles. The molecule has 0 saturated carbocycles. The van der Waals surface area contributed by atoms with Gasteiger partial charge in [0.1, 0.15) is 11.4 Å². The van der Waals surface area contributed by atoms with Crippen molar-refractivity contribution >= 4 is 12.0 Å². The lowest BCUT2D eigenvalue weighted by molar-refractivity contribution is -0.134. The van der Waals surface area contributed by atoms with E-state index in [2.05, 4.69) is 5.32 Å². The lowest BCUT2D eigenvalue weighted by Gasteiger charge is -2.29. The summed E-state index contributed by atoms with van der Waals surface area (Å²) in [5.74, 6) is -0.419. The van der Waals surface area contributed by atoms with Gasteiger partial charge in [-0.2, -0.15) is 0 Å². The first-order valence-corrected chi connectivity index (χ1v) is 6.17. The average Bonchev–Trinajstić information content (AvgIpc) is 2.26. The van der Waals surface area contributed by atoms with E-state index in [0.29, 0.717) is 5.75 Å². The third-order valence-electron chi connectivity index (χ3n) is 2.27. The van der Waals surface area contributed by atoms with Crippen molar-refractivity contribution in [2.75, 3.05) is 0 Å². The SMILES string of the molecule is CC(C)(C)OC(=O)NC(C)(Oc1ccccc1)C(N)=O. The molecule has 0 fully saturated rings. The number of primary amides is 1. The average molecular weight is 280 g/mol. The number of rotatable bonds is 4. The molecule has 3 N–H and O–H groups in total. The molecule has 0 spiro atoms. The van der Waals surface area contributed by atoms with Crippen LogP contribution in [0.25, 0.3) is 0 Å². The standard InChI is InChI=1S/C14H20N2O4/c1-13(2,3)20-12(18)16-14(4,11(15)17)19-10-8-6-5-7-9-10/h5-9H,1-4H3,(H2,15,17)(H,16,18). The van der Waals surface area contributed by atoms with E-state index in [-0.39, 0.29) is 0 Å². The second-order valence-corrected chi connectivity index (χ2v) is 5.44. The monoisotopic (exact) mass is 280 g/mol. The molecule has 1 aromatic carbocycles. The van der Waals surface area contributed by atoms with Gasteiger partial charge in [0, 0.05) is 6.92 Å². The van der Waals surface area contributed by atoms with Crippen LogP contribution in [0.2, 0.25) is 0 Å². The lowest BCUT2D eigenvalue weighted by Crippen LogP contribution is -2.60. The van der Waals surface area contributed by atoms with Crippen molar-refractivity contribution in [3.63, 3.8) is 0 Å². The van der Waals surface area contributed by atoms with Crippen LogP contribution in [0.5, 0.6) is 5.75 Å². The molecule has 2 amide bonds. The predicted molar refractivity (Wildman–Crippen MR) is 74.0 cm³/mol. The fraction of sp³-hybridized carbons (Fsp3) is 0.429. The summed E-state index contributed by atoms with van der Waals surface area (Å²) in [5.41, 5.74) is 2.92. The quantitative estimate of drug-likeness (QED) is 0.823. The van der Waals surface area contributed by atoms with E-state index < -0.39 is 23.3 Å². The first-order valence-electron chi connectivity index (χ1n) is 6.17. The molecule has 110 valence electrons. The molecule has 6 heteroatoms. The first-order chi connectivity index (χ1) is 9.12. The Morgan fingerprint density at radius 1 is 1.10 bits per heavy atom. The number of para-hydroxylation sites is 1. The zero-order valence-corrected chi connectivity index (χ0v) is 12.1. The highest BCUT2D eigenvalue weighted by atomic mass is 16.6. The lowest BCUT2D eigenvalue weighted by atomic mass is 10.2. The van der Waals surface area contributed by atoms with Gasteiger partial charge in [0.15, 0.2) is 0 Å². The normalized spacial score (nSPS) is 14.0. The molecule has 0 aliphatic rings. The van der Waals surface area contributed by atoms with Gasteiger partial charge in [0.2, 0.25) is 0 Å². The number of carbonyl (C=O) groups excluding carboxylic acids is 2. The molecular formula is C14H20N2O4. The third kappa shape index (κ3) is 4.79. The number of amides is 2. The molecule has 1 rings (SSSR count). The second-order valence-electron chi connectivity index (χ2n) is 5.44. The third-order valence-corrected chi connectivity index (χ3v) is 2.27. The molecule has 0 heterocycles. The van der Waals surface area contributed by atoms with Crippen molar-refractivity contribution in [3.05, 3.63) is 30.3 Å². The van der Waals surface area contributed by atoms with E-state index in [4.69, 9.17) is 15.2 Å². The van der Waals surface area contributed by atoms with Gasteiger partial charge in [0.05, 0.1) is 0 Å². The van der Waals surface area contributed by atoms with Crippen LogP contribution in [0.4, 0.5) is 4.79 Å². The number of nitrogens with one attached hydrogen (secondary N) is 1. The number of carbonyl (C=O) groups is 2. The first kappa shape index (κ1) is 15.8. The second kappa shape index (κ2) is 5.81. The summed E-state index contributed by atoms with van der Waals surface area (Å²) in [4.78, 5) is 23.3. The van der Waals surface area contributed by atoms with E-state index in [1.807, 2.05) is 0 Å². The van der Waals surface area contributed by atoms with Crippen LogP contribution in [-0.4, -0.2) is 23.3 Å². The summed E-state index contributed by atoms with van der Waals surface area (Å²) in [6, 6.07) is 8.58. The van der Waals surface area contributed by atoms with Crippen LogP contribution in [-0.2, 0) is 9.53 Å². The maximum atomic E-state index is 11.7. The number of ether oxygens (including phenoxy) is 2. The molecule has 0 aliphatic carbocycles. The van der Waals surface area contributed by atoms with Gasteiger partial charge in [-0.05, 0) is 32.9 Å². The van der Waals surface area contributed by atoms with Crippen molar-refractivity contribution in [2.24, 2.45) is 5.73 Å². The highest BCUT2D eigenvalue weighted by Gasteiger charge is 2.37. The molecule has 0 radical (unpaired) electrons. The minimum absolute atomic E-state index is 0.407. The summed E-state index contributed by atoms with van der Waals surface area (Å²) < 4.78 is 10.5. The highest BCUT2D eigenvalue weighted by molar-refractivity contribution is 5.87. The molecule has 20 heavy (non-hydrogen) atoms. The van der Waals surface area contributed by atoms with Gasteiger partial charge in [-0.3, -0.25) is 10.1 Å². The Hall–Kier alpha value is -2.24. The Kier molecular flexibility index (Phi) is 4.60. The maximum Gasteiger partial charge on any atom is 0.411 e.